The van der Waals surface area contributed by atoms with Gasteiger partial charge in [0.15, 0.2) is 0 Å². The van der Waals surface area contributed by atoms with Crippen LogP contribution in [0.3, 0.4) is 0 Å². The number of carbonyl (C=O) groups is 1. The van der Waals surface area contributed by atoms with Crippen LogP contribution in [0.15, 0.2) is 66.2 Å². The number of aromatic hydroxyl groups is 1. The average Bonchev–Trinajstić information content (AvgIpc) is 3.29. The van der Waals surface area contributed by atoms with Crippen molar-refractivity contribution >= 4 is 28.8 Å². The molecule has 0 aliphatic heterocycles. The van der Waals surface area contributed by atoms with Gasteiger partial charge in [-0.1, -0.05) is 30.3 Å². The van der Waals surface area contributed by atoms with Crippen molar-refractivity contribution in [3.05, 3.63) is 82.9 Å². The number of carbonyl (C=O) groups excluding carboxylic acids is 1. The molecule has 0 amide bonds. The maximum atomic E-state index is 11.8. The Labute approximate surface area is 203 Å². The minimum Gasteiger partial charge on any atom is -0.505 e. The fraction of sp³-hybridized carbons (Fsp3) is 0.185. The number of ether oxygens (including phenoxy) is 1. The van der Waals surface area contributed by atoms with Crippen LogP contribution in [0.1, 0.15) is 23.6 Å². The molecule has 0 radical (unpaired) electrons. The van der Waals surface area contributed by atoms with Crippen LogP contribution in [0.4, 0.5) is 5.69 Å². The highest BCUT2D eigenvalue weighted by atomic mass is 16.5. The van der Waals surface area contributed by atoms with Crippen molar-refractivity contribution in [1.82, 2.24) is 15.0 Å². The van der Waals surface area contributed by atoms with E-state index in [2.05, 4.69) is 10.2 Å². The zero-order chi connectivity index (χ0) is 24.9. The van der Waals surface area contributed by atoms with Crippen molar-refractivity contribution in [3.63, 3.8) is 0 Å². The molecular formula is C27H25N5O3. The maximum Gasteiger partial charge on any atom is 0.348 e. The van der Waals surface area contributed by atoms with Gasteiger partial charge < -0.3 is 14.7 Å². The van der Waals surface area contributed by atoms with E-state index in [0.29, 0.717) is 17.8 Å². The molecule has 0 unspecified atom stereocenters. The molecule has 0 fully saturated rings. The van der Waals surface area contributed by atoms with Gasteiger partial charge >= 0.3 is 5.97 Å². The van der Waals surface area contributed by atoms with Crippen LogP contribution in [0.25, 0.3) is 22.8 Å². The zero-order valence-corrected chi connectivity index (χ0v) is 19.8. The molecule has 0 aliphatic carbocycles. The highest BCUT2D eigenvalue weighted by Crippen LogP contribution is 2.30. The number of esters is 1. The molecule has 1 aromatic heterocycles. The van der Waals surface area contributed by atoms with Gasteiger partial charge in [-0.2, -0.15) is 5.26 Å². The summed E-state index contributed by atoms with van der Waals surface area (Å²) in [7, 11) is 1.92. The molecule has 0 aliphatic rings. The van der Waals surface area contributed by atoms with Crippen molar-refractivity contribution in [1.29, 1.82) is 5.26 Å². The quantitative estimate of drug-likeness (QED) is 0.242. The molecule has 0 saturated carbocycles. The van der Waals surface area contributed by atoms with Crippen molar-refractivity contribution in [2.45, 2.75) is 20.4 Å². The SMILES string of the molecule is CCOC(=O)C(C#N)=Cc1ccc(N(C)Cc2cc(C)cc(-n3nc4ccccc4n3)c2O)cc1. The standard InChI is InChI=1S/C27H25N5O3/c1-4-35-27(34)20(16-28)15-19-9-11-22(12-10-19)31(3)17-21-13-18(2)14-25(26(21)33)32-29-23-7-5-6-8-24(23)30-32/h5-15,33H,4,17H2,1-3H3. The van der Waals surface area contributed by atoms with Gasteiger partial charge in [-0.3, -0.25) is 0 Å². The number of fused-ring (bicyclic) bond motifs is 1. The van der Waals surface area contributed by atoms with Crippen molar-refractivity contribution < 1.29 is 14.6 Å². The van der Waals surface area contributed by atoms with Gasteiger partial charge in [0.2, 0.25) is 0 Å². The predicted octanol–water partition coefficient (Wildman–Crippen LogP) is 4.54. The van der Waals surface area contributed by atoms with Crippen LogP contribution in [-0.2, 0) is 16.1 Å². The first kappa shape index (κ1) is 23.5. The molecule has 1 N–H and O–H groups in total. The summed E-state index contributed by atoms with van der Waals surface area (Å²) in [6.45, 7) is 4.32. The monoisotopic (exact) mass is 467 g/mol. The summed E-state index contributed by atoms with van der Waals surface area (Å²) >= 11 is 0. The number of nitrogens with zero attached hydrogens (tertiary/aromatic N) is 5. The highest BCUT2D eigenvalue weighted by Gasteiger charge is 2.15. The normalized spacial score (nSPS) is 11.3. The lowest BCUT2D eigenvalue weighted by Gasteiger charge is -2.21. The molecule has 35 heavy (non-hydrogen) atoms. The molecule has 1 heterocycles. The van der Waals surface area contributed by atoms with Gasteiger partial charge in [0, 0.05) is 24.8 Å². The summed E-state index contributed by atoms with van der Waals surface area (Å²) in [5, 5.41) is 29.3. The Morgan fingerprint density at radius 1 is 1.14 bits per heavy atom. The number of benzene rings is 3. The summed E-state index contributed by atoms with van der Waals surface area (Å²) in [4.78, 5) is 15.3. The Hall–Kier alpha value is -4.64. The van der Waals surface area contributed by atoms with Crippen LogP contribution >= 0.6 is 0 Å². The second-order valence-corrected chi connectivity index (χ2v) is 8.11. The number of hydrogen-bond acceptors (Lipinski definition) is 7. The Kier molecular flexibility index (Phi) is 6.78. The number of phenolic OH excluding ortho intramolecular Hbond substituents is 1. The van der Waals surface area contributed by atoms with Crippen molar-refractivity contribution in [2.24, 2.45) is 0 Å². The summed E-state index contributed by atoms with van der Waals surface area (Å²) in [6.07, 6.45) is 1.50. The topological polar surface area (TPSA) is 104 Å². The number of anilines is 1. The van der Waals surface area contributed by atoms with E-state index in [0.717, 1.165) is 27.8 Å². The molecule has 8 nitrogen and oxygen atoms in total. The smallest absolute Gasteiger partial charge is 0.348 e. The zero-order valence-electron chi connectivity index (χ0n) is 19.8. The van der Waals surface area contributed by atoms with E-state index in [9.17, 15) is 15.2 Å². The molecule has 0 bridgehead atoms. The predicted molar refractivity (Wildman–Crippen MR) is 134 cm³/mol. The van der Waals surface area contributed by atoms with Gasteiger partial charge in [-0.25, -0.2) is 4.79 Å². The fourth-order valence-electron chi connectivity index (χ4n) is 3.76. The van der Waals surface area contributed by atoms with Gasteiger partial charge in [-0.05, 0) is 61.4 Å². The number of nitriles is 1. The molecular weight excluding hydrogens is 442 g/mol. The lowest BCUT2D eigenvalue weighted by molar-refractivity contribution is -0.137. The molecule has 0 atom stereocenters. The number of aryl methyl sites for hydroxylation is 1. The fourth-order valence-corrected chi connectivity index (χ4v) is 3.76. The van der Waals surface area contributed by atoms with Gasteiger partial charge in [0.05, 0.1) is 6.61 Å². The lowest BCUT2D eigenvalue weighted by atomic mass is 10.1. The third-order valence-corrected chi connectivity index (χ3v) is 5.48. The van der Waals surface area contributed by atoms with Crippen molar-refractivity contribution in [2.75, 3.05) is 18.6 Å². The van der Waals surface area contributed by atoms with E-state index in [1.165, 1.54) is 10.9 Å². The third-order valence-electron chi connectivity index (χ3n) is 5.48. The molecule has 0 saturated heterocycles. The lowest BCUT2D eigenvalue weighted by Crippen LogP contribution is -2.17. The number of hydrogen-bond donors (Lipinski definition) is 1. The van der Waals surface area contributed by atoms with Gasteiger partial charge in [-0.15, -0.1) is 15.0 Å². The van der Waals surface area contributed by atoms with Crippen LogP contribution in [0, 0.1) is 18.3 Å². The van der Waals surface area contributed by atoms with Gasteiger partial charge in [0.1, 0.15) is 34.1 Å². The van der Waals surface area contributed by atoms with Crippen molar-refractivity contribution in [3.8, 4) is 17.5 Å². The molecule has 8 heteroatoms. The first-order chi connectivity index (χ1) is 16.9. The molecule has 0 spiro atoms. The van der Waals surface area contributed by atoms with E-state index >= 15 is 0 Å². The first-order valence-electron chi connectivity index (χ1n) is 11.1. The minimum atomic E-state index is -0.638. The van der Waals surface area contributed by atoms with Crippen LogP contribution in [-0.4, -0.2) is 39.7 Å². The van der Waals surface area contributed by atoms with Gasteiger partial charge in [0.25, 0.3) is 0 Å². The van der Waals surface area contributed by atoms with Crippen LogP contribution in [0.5, 0.6) is 5.75 Å². The Morgan fingerprint density at radius 2 is 1.80 bits per heavy atom. The number of aromatic nitrogens is 3. The first-order valence-corrected chi connectivity index (χ1v) is 11.1. The Morgan fingerprint density at radius 3 is 2.40 bits per heavy atom. The summed E-state index contributed by atoms with van der Waals surface area (Å²) in [6, 6.07) is 20.7. The number of phenols is 1. The summed E-state index contributed by atoms with van der Waals surface area (Å²) in [5.74, 6) is -0.517. The molecule has 4 aromatic rings. The molecule has 176 valence electrons. The van der Waals surface area contributed by atoms with E-state index in [4.69, 9.17) is 4.74 Å². The second kappa shape index (κ2) is 10.1. The maximum absolute atomic E-state index is 11.8. The van der Waals surface area contributed by atoms with E-state index in [-0.39, 0.29) is 17.9 Å². The van der Waals surface area contributed by atoms with Crippen LogP contribution < -0.4 is 4.90 Å². The number of rotatable bonds is 7. The Balaban J connectivity index is 1.57. The summed E-state index contributed by atoms with van der Waals surface area (Å²) in [5.41, 5.74) is 5.31. The molecule has 3 aromatic carbocycles. The minimum absolute atomic E-state index is 0.0509. The Bertz CT molecular complexity index is 1420. The van der Waals surface area contributed by atoms with Crippen LogP contribution in [0.2, 0.25) is 0 Å². The average molecular weight is 468 g/mol. The summed E-state index contributed by atoms with van der Waals surface area (Å²) < 4.78 is 4.90. The van der Waals surface area contributed by atoms with E-state index in [1.54, 1.807) is 6.92 Å². The van der Waals surface area contributed by atoms with E-state index in [1.807, 2.05) is 85.6 Å². The highest BCUT2D eigenvalue weighted by molar-refractivity contribution is 5.97. The van der Waals surface area contributed by atoms with E-state index < -0.39 is 5.97 Å². The molecule has 4 rings (SSSR count). The largest absolute Gasteiger partial charge is 0.505 e. The third kappa shape index (κ3) is 5.14. The second-order valence-electron chi connectivity index (χ2n) is 8.11.